The monoisotopic (exact) mass is 326 g/mol. The minimum Gasteiger partial charge on any atom is -0.488 e. The molecule has 21 heavy (non-hydrogen) atoms. The molecular formula is C14H12Cl2N2O3. The average Bonchev–Trinajstić information content (AvgIpc) is 2.39. The Kier molecular flexibility index (Phi) is 4.65. The molecule has 5 nitrogen and oxygen atoms in total. The van der Waals surface area contributed by atoms with Gasteiger partial charge in [-0.05, 0) is 37.6 Å². The van der Waals surface area contributed by atoms with E-state index in [9.17, 15) is 10.1 Å². The average molecular weight is 327 g/mol. The van der Waals surface area contributed by atoms with Gasteiger partial charge in [-0.25, -0.2) is 4.98 Å². The molecule has 0 aliphatic carbocycles. The summed E-state index contributed by atoms with van der Waals surface area (Å²) in [4.78, 5) is 14.4. The summed E-state index contributed by atoms with van der Waals surface area (Å²) in [6.45, 7) is 3.67. The minimum atomic E-state index is -0.432. The molecule has 0 bridgehead atoms. The summed E-state index contributed by atoms with van der Waals surface area (Å²) in [6, 6.07) is 6.45. The Labute approximate surface area is 131 Å². The quantitative estimate of drug-likeness (QED) is 0.471. The Bertz CT molecular complexity index is 705. The number of aryl methyl sites for hydroxylation is 2. The first-order valence-corrected chi connectivity index (χ1v) is 6.83. The van der Waals surface area contributed by atoms with Crippen molar-refractivity contribution in [1.29, 1.82) is 0 Å². The van der Waals surface area contributed by atoms with Gasteiger partial charge in [0.05, 0.1) is 11.0 Å². The number of rotatable bonds is 4. The van der Waals surface area contributed by atoms with Crippen LogP contribution in [0.15, 0.2) is 24.3 Å². The van der Waals surface area contributed by atoms with E-state index >= 15 is 0 Å². The summed E-state index contributed by atoms with van der Waals surface area (Å²) < 4.78 is 5.62. The van der Waals surface area contributed by atoms with Gasteiger partial charge in [0.1, 0.15) is 22.7 Å². The number of hydrogen-bond acceptors (Lipinski definition) is 4. The zero-order chi connectivity index (χ0) is 15.6. The molecule has 2 aromatic rings. The minimum absolute atomic E-state index is 0.0240. The molecule has 0 fully saturated rings. The summed E-state index contributed by atoms with van der Waals surface area (Å²) in [5, 5.41) is 11.5. The fraction of sp³-hybridized carbons (Fsp3) is 0.214. The van der Waals surface area contributed by atoms with Crippen LogP contribution in [0.4, 0.5) is 5.69 Å². The van der Waals surface area contributed by atoms with Crippen LogP contribution in [0.1, 0.15) is 16.7 Å². The number of ether oxygens (including phenoxy) is 1. The lowest BCUT2D eigenvalue weighted by Gasteiger charge is -2.11. The summed E-state index contributed by atoms with van der Waals surface area (Å²) in [5.74, 6) is 0.443. The van der Waals surface area contributed by atoms with Gasteiger partial charge in [0.25, 0.3) is 5.69 Å². The second kappa shape index (κ2) is 6.28. The van der Waals surface area contributed by atoms with Crippen LogP contribution < -0.4 is 4.74 Å². The number of pyridine rings is 1. The van der Waals surface area contributed by atoms with Crippen molar-refractivity contribution in [1.82, 2.24) is 4.98 Å². The molecule has 0 saturated heterocycles. The number of aromatic nitrogens is 1. The summed E-state index contributed by atoms with van der Waals surface area (Å²) in [6.07, 6.45) is 0. The van der Waals surface area contributed by atoms with Crippen molar-refractivity contribution < 1.29 is 9.66 Å². The fourth-order valence-corrected chi connectivity index (χ4v) is 2.28. The second-order valence-corrected chi connectivity index (χ2v) is 5.28. The number of nitro groups is 1. The van der Waals surface area contributed by atoms with E-state index in [-0.39, 0.29) is 17.4 Å². The van der Waals surface area contributed by atoms with Crippen LogP contribution >= 0.6 is 23.2 Å². The smallest absolute Gasteiger partial charge is 0.276 e. The third-order valence-electron chi connectivity index (χ3n) is 2.97. The predicted octanol–water partition coefficient (Wildman–Crippen LogP) is 4.49. The second-order valence-electron chi connectivity index (χ2n) is 4.53. The van der Waals surface area contributed by atoms with Gasteiger partial charge in [-0.15, -0.1) is 0 Å². The maximum absolute atomic E-state index is 11.0. The van der Waals surface area contributed by atoms with E-state index in [0.29, 0.717) is 22.0 Å². The SMILES string of the molecule is Cc1cc(C)c([N+](=O)[O-])cc1OCc1ccc(Cl)nc1Cl. The Morgan fingerprint density at radius 3 is 2.57 bits per heavy atom. The fourth-order valence-electron chi connectivity index (χ4n) is 1.88. The highest BCUT2D eigenvalue weighted by Gasteiger charge is 2.15. The van der Waals surface area contributed by atoms with Gasteiger partial charge in [0.15, 0.2) is 0 Å². The van der Waals surface area contributed by atoms with Crippen molar-refractivity contribution in [2.45, 2.75) is 20.5 Å². The van der Waals surface area contributed by atoms with Crippen LogP contribution in [0.5, 0.6) is 5.75 Å². The van der Waals surface area contributed by atoms with Crippen LogP contribution in [0.3, 0.4) is 0 Å². The van der Waals surface area contributed by atoms with Gasteiger partial charge in [-0.2, -0.15) is 0 Å². The molecule has 0 atom stereocenters. The molecule has 1 heterocycles. The van der Waals surface area contributed by atoms with Crippen molar-refractivity contribution in [2.24, 2.45) is 0 Å². The molecule has 0 N–H and O–H groups in total. The molecule has 0 aliphatic heterocycles. The molecule has 0 amide bonds. The number of halogens is 2. The van der Waals surface area contributed by atoms with E-state index in [0.717, 1.165) is 5.56 Å². The highest BCUT2D eigenvalue weighted by molar-refractivity contribution is 6.32. The first-order valence-electron chi connectivity index (χ1n) is 6.08. The van der Waals surface area contributed by atoms with Gasteiger partial charge in [0, 0.05) is 11.1 Å². The van der Waals surface area contributed by atoms with Crippen molar-refractivity contribution in [3.8, 4) is 5.75 Å². The van der Waals surface area contributed by atoms with Gasteiger partial charge in [-0.3, -0.25) is 10.1 Å². The Morgan fingerprint density at radius 1 is 1.24 bits per heavy atom. The topological polar surface area (TPSA) is 65.3 Å². The largest absolute Gasteiger partial charge is 0.488 e. The van der Waals surface area contributed by atoms with E-state index in [4.69, 9.17) is 27.9 Å². The first-order chi connectivity index (χ1) is 9.88. The normalized spacial score (nSPS) is 10.5. The van der Waals surface area contributed by atoms with Crippen LogP contribution in [-0.4, -0.2) is 9.91 Å². The van der Waals surface area contributed by atoms with Gasteiger partial charge < -0.3 is 4.74 Å². The number of benzene rings is 1. The van der Waals surface area contributed by atoms with Crippen molar-refractivity contribution in [2.75, 3.05) is 0 Å². The van der Waals surface area contributed by atoms with Gasteiger partial charge in [-0.1, -0.05) is 23.2 Å². The molecule has 0 saturated carbocycles. The number of nitro benzene ring substituents is 1. The Balaban J connectivity index is 2.23. The molecule has 0 aliphatic rings. The molecular weight excluding hydrogens is 315 g/mol. The molecule has 110 valence electrons. The van der Waals surface area contributed by atoms with Crippen LogP contribution in [0, 0.1) is 24.0 Å². The zero-order valence-corrected chi connectivity index (χ0v) is 12.9. The van der Waals surface area contributed by atoms with E-state index in [1.54, 1.807) is 25.1 Å². The highest BCUT2D eigenvalue weighted by Crippen LogP contribution is 2.29. The zero-order valence-electron chi connectivity index (χ0n) is 11.4. The molecule has 0 radical (unpaired) electrons. The maximum Gasteiger partial charge on any atom is 0.276 e. The number of hydrogen-bond donors (Lipinski definition) is 0. The Morgan fingerprint density at radius 2 is 1.95 bits per heavy atom. The van der Waals surface area contributed by atoms with Crippen molar-refractivity contribution in [3.05, 3.63) is 61.4 Å². The van der Waals surface area contributed by atoms with Crippen LogP contribution in [0.2, 0.25) is 10.3 Å². The lowest BCUT2D eigenvalue weighted by molar-refractivity contribution is -0.385. The third-order valence-corrected chi connectivity index (χ3v) is 3.50. The predicted molar refractivity (Wildman–Crippen MR) is 81.2 cm³/mol. The number of nitrogens with zero attached hydrogens (tertiary/aromatic N) is 2. The van der Waals surface area contributed by atoms with E-state index in [1.165, 1.54) is 6.07 Å². The maximum atomic E-state index is 11.0. The van der Waals surface area contributed by atoms with Crippen LogP contribution in [-0.2, 0) is 6.61 Å². The standard InChI is InChI=1S/C14H12Cl2N2O3/c1-8-5-9(2)12(6-11(8)18(19)20)21-7-10-3-4-13(15)17-14(10)16/h3-6H,7H2,1-2H3. The van der Waals surface area contributed by atoms with E-state index in [2.05, 4.69) is 4.98 Å². The Hall–Kier alpha value is -1.85. The highest BCUT2D eigenvalue weighted by atomic mass is 35.5. The van der Waals surface area contributed by atoms with Gasteiger partial charge >= 0.3 is 0 Å². The van der Waals surface area contributed by atoms with E-state index in [1.807, 2.05) is 6.92 Å². The van der Waals surface area contributed by atoms with Crippen molar-refractivity contribution in [3.63, 3.8) is 0 Å². The van der Waals surface area contributed by atoms with E-state index < -0.39 is 4.92 Å². The summed E-state index contributed by atoms with van der Waals surface area (Å²) in [5.41, 5.74) is 2.09. The third kappa shape index (κ3) is 3.62. The molecule has 0 spiro atoms. The van der Waals surface area contributed by atoms with Crippen LogP contribution in [0.25, 0.3) is 0 Å². The first kappa shape index (κ1) is 15.5. The summed E-state index contributed by atoms with van der Waals surface area (Å²) in [7, 11) is 0. The van der Waals surface area contributed by atoms with Crippen molar-refractivity contribution >= 4 is 28.9 Å². The molecule has 7 heteroatoms. The summed E-state index contributed by atoms with van der Waals surface area (Å²) >= 11 is 11.7. The molecule has 2 rings (SSSR count). The molecule has 0 unspecified atom stereocenters. The molecule has 1 aromatic carbocycles. The van der Waals surface area contributed by atoms with Gasteiger partial charge in [0.2, 0.25) is 0 Å². The molecule has 1 aromatic heterocycles. The lowest BCUT2D eigenvalue weighted by atomic mass is 10.1. The lowest BCUT2D eigenvalue weighted by Crippen LogP contribution is -2.01.